The normalized spacial score (nSPS) is 18.7. The van der Waals surface area contributed by atoms with Crippen LogP contribution in [0.2, 0.25) is 0 Å². The maximum absolute atomic E-state index is 9.91. The minimum absolute atomic E-state index is 0.285. The molecule has 1 aliphatic carbocycles. The average molecular weight is 247 g/mol. The van der Waals surface area contributed by atoms with E-state index in [1.54, 1.807) is 6.07 Å². The number of hydrogen-bond donors (Lipinski definition) is 2. The Balaban J connectivity index is 1.91. The Morgan fingerprint density at radius 1 is 1.22 bits per heavy atom. The molecule has 0 bridgehead atoms. The van der Waals surface area contributed by atoms with Crippen molar-refractivity contribution in [3.8, 4) is 5.75 Å². The van der Waals surface area contributed by atoms with Crippen LogP contribution in [-0.4, -0.2) is 11.7 Å². The van der Waals surface area contributed by atoms with Crippen LogP contribution in [0, 0.1) is 5.92 Å². The van der Waals surface area contributed by atoms with Gasteiger partial charge in [0.05, 0.1) is 0 Å². The van der Waals surface area contributed by atoms with Crippen LogP contribution in [0.3, 0.4) is 0 Å². The molecular formula is C16H25NO. The number of phenolic OH excluding ortho intramolecular Hbond substituents is 1. The molecule has 0 spiro atoms. The zero-order chi connectivity index (χ0) is 12.8. The third-order valence-electron chi connectivity index (χ3n) is 4.10. The van der Waals surface area contributed by atoms with Crippen molar-refractivity contribution in [3.63, 3.8) is 0 Å². The smallest absolute Gasteiger partial charge is 0.120 e. The highest BCUT2D eigenvalue weighted by Crippen LogP contribution is 2.27. The van der Waals surface area contributed by atoms with Gasteiger partial charge in [-0.1, -0.05) is 44.4 Å². The van der Waals surface area contributed by atoms with Crippen molar-refractivity contribution >= 4 is 0 Å². The van der Waals surface area contributed by atoms with Crippen LogP contribution in [-0.2, 0) is 0 Å². The molecule has 2 nitrogen and oxygen atoms in total. The van der Waals surface area contributed by atoms with Crippen molar-refractivity contribution in [1.82, 2.24) is 5.32 Å². The molecule has 1 fully saturated rings. The molecule has 0 aromatic heterocycles. The third kappa shape index (κ3) is 3.49. The number of phenols is 1. The molecule has 0 radical (unpaired) electrons. The van der Waals surface area contributed by atoms with Gasteiger partial charge in [0.15, 0.2) is 0 Å². The van der Waals surface area contributed by atoms with Gasteiger partial charge in [0.2, 0.25) is 0 Å². The van der Waals surface area contributed by atoms with Gasteiger partial charge in [-0.3, -0.25) is 0 Å². The quantitative estimate of drug-likeness (QED) is 0.824. The SMILES string of the molecule is CCC(NCC1CCCCC1)c1ccccc1O. The molecular weight excluding hydrogens is 222 g/mol. The lowest BCUT2D eigenvalue weighted by Crippen LogP contribution is -2.28. The van der Waals surface area contributed by atoms with Gasteiger partial charge in [-0.25, -0.2) is 0 Å². The first-order valence-electron chi connectivity index (χ1n) is 7.32. The van der Waals surface area contributed by atoms with E-state index in [-0.39, 0.29) is 6.04 Å². The van der Waals surface area contributed by atoms with E-state index in [0.29, 0.717) is 5.75 Å². The van der Waals surface area contributed by atoms with Gasteiger partial charge in [0.1, 0.15) is 5.75 Å². The van der Waals surface area contributed by atoms with Gasteiger partial charge in [0, 0.05) is 11.6 Å². The summed E-state index contributed by atoms with van der Waals surface area (Å²) in [6.45, 7) is 3.26. The van der Waals surface area contributed by atoms with Gasteiger partial charge in [-0.15, -0.1) is 0 Å². The minimum atomic E-state index is 0.285. The summed E-state index contributed by atoms with van der Waals surface area (Å²) in [6.07, 6.45) is 7.94. The van der Waals surface area contributed by atoms with Gasteiger partial charge >= 0.3 is 0 Å². The molecule has 1 aromatic carbocycles. The van der Waals surface area contributed by atoms with E-state index in [0.717, 1.165) is 24.4 Å². The maximum atomic E-state index is 9.91. The van der Waals surface area contributed by atoms with Crippen LogP contribution in [0.15, 0.2) is 24.3 Å². The second-order valence-electron chi connectivity index (χ2n) is 5.43. The molecule has 2 heteroatoms. The van der Waals surface area contributed by atoms with Crippen LogP contribution in [0.25, 0.3) is 0 Å². The fourth-order valence-electron chi connectivity index (χ4n) is 2.96. The second-order valence-corrected chi connectivity index (χ2v) is 5.43. The molecule has 0 aliphatic heterocycles. The van der Waals surface area contributed by atoms with Crippen molar-refractivity contribution in [1.29, 1.82) is 0 Å². The van der Waals surface area contributed by atoms with Crippen molar-refractivity contribution in [2.75, 3.05) is 6.54 Å². The van der Waals surface area contributed by atoms with E-state index in [1.807, 2.05) is 18.2 Å². The summed E-state index contributed by atoms with van der Waals surface area (Å²) in [7, 11) is 0. The molecule has 2 rings (SSSR count). The first-order valence-corrected chi connectivity index (χ1v) is 7.32. The van der Waals surface area contributed by atoms with Crippen LogP contribution in [0.5, 0.6) is 5.75 Å². The van der Waals surface area contributed by atoms with Crippen molar-refractivity contribution in [2.45, 2.75) is 51.5 Å². The highest BCUT2D eigenvalue weighted by molar-refractivity contribution is 5.34. The molecule has 1 saturated carbocycles. The third-order valence-corrected chi connectivity index (χ3v) is 4.10. The van der Waals surface area contributed by atoms with E-state index in [1.165, 1.54) is 32.1 Å². The van der Waals surface area contributed by atoms with Gasteiger partial charge in [-0.2, -0.15) is 0 Å². The van der Waals surface area contributed by atoms with E-state index >= 15 is 0 Å². The van der Waals surface area contributed by atoms with Crippen LogP contribution < -0.4 is 5.32 Å². The summed E-state index contributed by atoms with van der Waals surface area (Å²) in [5.41, 5.74) is 1.04. The maximum Gasteiger partial charge on any atom is 0.120 e. The number of benzene rings is 1. The molecule has 1 aliphatic rings. The van der Waals surface area contributed by atoms with Crippen LogP contribution >= 0.6 is 0 Å². The van der Waals surface area contributed by atoms with E-state index in [9.17, 15) is 5.11 Å². The van der Waals surface area contributed by atoms with Gasteiger partial charge < -0.3 is 10.4 Å². The van der Waals surface area contributed by atoms with Crippen molar-refractivity contribution in [3.05, 3.63) is 29.8 Å². The lowest BCUT2D eigenvalue weighted by Gasteiger charge is -2.25. The summed E-state index contributed by atoms with van der Waals surface area (Å²) in [4.78, 5) is 0. The standard InChI is InChI=1S/C16H25NO/c1-2-15(14-10-6-7-11-16(14)18)17-12-13-8-4-3-5-9-13/h6-7,10-11,13,15,17-18H,2-5,8-9,12H2,1H3. The van der Waals surface area contributed by atoms with Crippen molar-refractivity contribution in [2.24, 2.45) is 5.92 Å². The summed E-state index contributed by atoms with van der Waals surface area (Å²) < 4.78 is 0. The van der Waals surface area contributed by atoms with E-state index < -0.39 is 0 Å². The molecule has 0 heterocycles. The Morgan fingerprint density at radius 3 is 2.61 bits per heavy atom. The largest absolute Gasteiger partial charge is 0.508 e. The average Bonchev–Trinajstić information content (AvgIpc) is 2.42. The topological polar surface area (TPSA) is 32.3 Å². The predicted molar refractivity (Wildman–Crippen MR) is 75.7 cm³/mol. The van der Waals surface area contributed by atoms with Gasteiger partial charge in [0.25, 0.3) is 0 Å². The predicted octanol–water partition coefficient (Wildman–Crippen LogP) is 4.01. The highest BCUT2D eigenvalue weighted by atomic mass is 16.3. The number of para-hydroxylation sites is 1. The molecule has 18 heavy (non-hydrogen) atoms. The van der Waals surface area contributed by atoms with Crippen LogP contribution in [0.4, 0.5) is 0 Å². The van der Waals surface area contributed by atoms with Gasteiger partial charge in [-0.05, 0) is 37.8 Å². The molecule has 0 amide bonds. The summed E-state index contributed by atoms with van der Waals surface area (Å²) in [5.74, 6) is 1.25. The summed E-state index contributed by atoms with van der Waals surface area (Å²) in [5, 5.41) is 13.5. The number of rotatable bonds is 5. The first kappa shape index (κ1) is 13.4. The molecule has 0 saturated heterocycles. The summed E-state index contributed by atoms with van der Waals surface area (Å²) in [6, 6.07) is 7.97. The number of hydrogen-bond acceptors (Lipinski definition) is 2. The Hall–Kier alpha value is -1.02. The van der Waals surface area contributed by atoms with E-state index in [2.05, 4.69) is 12.2 Å². The fraction of sp³-hybridized carbons (Fsp3) is 0.625. The Morgan fingerprint density at radius 2 is 1.94 bits per heavy atom. The first-order chi connectivity index (χ1) is 8.81. The minimum Gasteiger partial charge on any atom is -0.508 e. The lowest BCUT2D eigenvalue weighted by molar-refractivity contribution is 0.323. The molecule has 2 N–H and O–H groups in total. The van der Waals surface area contributed by atoms with Crippen molar-refractivity contribution < 1.29 is 5.11 Å². The number of aromatic hydroxyl groups is 1. The zero-order valence-electron chi connectivity index (χ0n) is 11.4. The number of nitrogens with one attached hydrogen (secondary N) is 1. The molecule has 1 aromatic rings. The van der Waals surface area contributed by atoms with E-state index in [4.69, 9.17) is 0 Å². The fourth-order valence-corrected chi connectivity index (χ4v) is 2.96. The monoisotopic (exact) mass is 247 g/mol. The summed E-state index contributed by atoms with van der Waals surface area (Å²) >= 11 is 0. The van der Waals surface area contributed by atoms with Crippen LogP contribution in [0.1, 0.15) is 57.1 Å². The molecule has 100 valence electrons. The molecule has 1 atom stereocenters. The molecule has 1 unspecified atom stereocenters. The Bertz CT molecular complexity index is 358. The zero-order valence-corrected chi connectivity index (χ0v) is 11.4. The Kier molecular flexibility index (Phi) is 5.06. The Labute approximate surface area is 110 Å². The lowest BCUT2D eigenvalue weighted by atomic mass is 9.89. The highest BCUT2D eigenvalue weighted by Gasteiger charge is 2.17. The second kappa shape index (κ2) is 6.79.